The van der Waals surface area contributed by atoms with Crippen LogP contribution < -0.4 is 10.4 Å². The van der Waals surface area contributed by atoms with Crippen LogP contribution in [0.2, 0.25) is 5.04 Å². The predicted octanol–water partition coefficient (Wildman–Crippen LogP) is 5.36. The summed E-state index contributed by atoms with van der Waals surface area (Å²) in [5, 5.41) is 12.3. The molecule has 0 amide bonds. The third-order valence-electron chi connectivity index (χ3n) is 7.65. The maximum Gasteiger partial charge on any atom is 0.258 e. The van der Waals surface area contributed by atoms with Crippen molar-refractivity contribution in [3.63, 3.8) is 0 Å². The van der Waals surface area contributed by atoms with Crippen molar-refractivity contribution >= 4 is 18.7 Å². The van der Waals surface area contributed by atoms with Gasteiger partial charge in [0.25, 0.3) is 8.32 Å². The van der Waals surface area contributed by atoms with Crippen molar-refractivity contribution in [1.29, 1.82) is 0 Å². The van der Waals surface area contributed by atoms with Gasteiger partial charge in [-0.2, -0.15) is 0 Å². The summed E-state index contributed by atoms with van der Waals surface area (Å²) in [6.45, 7) is 6.01. The molecule has 0 heterocycles. The van der Waals surface area contributed by atoms with Crippen molar-refractivity contribution < 1.29 is 9.90 Å². The van der Waals surface area contributed by atoms with Crippen LogP contribution in [-0.2, 0) is 13.1 Å². The monoisotopic (exact) mass is 509 g/mol. The van der Waals surface area contributed by atoms with Gasteiger partial charge < -0.3 is 9.90 Å². The van der Waals surface area contributed by atoms with Gasteiger partial charge in [0.15, 0.2) is 0 Å². The minimum atomic E-state index is -3.09. The summed E-state index contributed by atoms with van der Waals surface area (Å²) in [6.07, 6.45) is 1.59. The molecule has 0 fully saturated rings. The fraction of sp³-hybridized carbons (Fsp3) is 0.273. The summed E-state index contributed by atoms with van der Waals surface area (Å²) in [4.78, 5) is 14.9. The molecule has 4 aromatic rings. The first-order valence-corrected chi connectivity index (χ1v) is 15.1. The first kappa shape index (κ1) is 27.0. The lowest BCUT2D eigenvalue weighted by Crippen LogP contribution is -2.65. The number of benzene rings is 4. The van der Waals surface area contributed by atoms with Gasteiger partial charge in [-0.3, -0.25) is 4.90 Å². The Morgan fingerprint density at radius 2 is 1.03 bits per heavy atom. The zero-order valence-electron chi connectivity index (χ0n) is 22.0. The highest BCUT2D eigenvalue weighted by Crippen LogP contribution is 2.40. The molecular weight excluding hydrogens is 470 g/mol. The Labute approximate surface area is 223 Å². The molecule has 3 nitrogen and oxygen atoms in total. The average molecular weight is 510 g/mol. The lowest BCUT2D eigenvalue weighted by Gasteiger charge is -2.42. The van der Waals surface area contributed by atoms with E-state index in [9.17, 15) is 9.90 Å². The summed E-state index contributed by atoms with van der Waals surface area (Å²) in [7, 11) is -3.09. The Morgan fingerprint density at radius 3 is 1.41 bits per heavy atom. The zero-order valence-corrected chi connectivity index (χ0v) is 23.0. The van der Waals surface area contributed by atoms with Gasteiger partial charge in [0, 0.05) is 19.1 Å². The van der Waals surface area contributed by atoms with Crippen LogP contribution in [0, 0.1) is 0 Å². The molecule has 0 bridgehead atoms. The molecule has 0 radical (unpaired) electrons. The van der Waals surface area contributed by atoms with E-state index in [1.165, 1.54) is 11.1 Å². The lowest BCUT2D eigenvalue weighted by atomic mass is 10.0. The molecule has 0 aliphatic rings. The van der Waals surface area contributed by atoms with Crippen LogP contribution in [0.1, 0.15) is 37.8 Å². The first-order valence-electron chi connectivity index (χ1n) is 13.2. The van der Waals surface area contributed by atoms with Gasteiger partial charge in [-0.1, -0.05) is 135 Å². The van der Waals surface area contributed by atoms with E-state index < -0.39 is 8.32 Å². The third kappa shape index (κ3) is 6.46. The van der Waals surface area contributed by atoms with Gasteiger partial charge in [-0.15, -0.1) is 0 Å². The molecule has 4 rings (SSSR count). The molecule has 0 saturated heterocycles. The molecular formula is C33H39NO2Si. The fourth-order valence-corrected chi connectivity index (χ4v) is 9.11. The highest BCUT2D eigenvalue weighted by atomic mass is 28.4. The first-order chi connectivity index (χ1) is 17.9. The van der Waals surface area contributed by atoms with Crippen LogP contribution in [0.25, 0.3) is 0 Å². The van der Waals surface area contributed by atoms with Gasteiger partial charge in [0.05, 0.1) is 6.61 Å². The molecule has 0 spiro atoms. The van der Waals surface area contributed by atoms with Crippen molar-refractivity contribution in [3.8, 4) is 0 Å². The maximum atomic E-state index is 12.5. The van der Waals surface area contributed by atoms with Gasteiger partial charge >= 0.3 is 0 Å². The highest BCUT2D eigenvalue weighted by molar-refractivity contribution is 6.98. The topological polar surface area (TPSA) is 43.7 Å². The van der Waals surface area contributed by atoms with E-state index in [4.69, 9.17) is 0 Å². The van der Waals surface area contributed by atoms with E-state index >= 15 is 0 Å². The van der Waals surface area contributed by atoms with E-state index in [1.807, 2.05) is 48.5 Å². The fourth-order valence-electron chi connectivity index (χ4n) is 5.35. The van der Waals surface area contributed by atoms with E-state index in [2.05, 4.69) is 91.5 Å². The minimum absolute atomic E-state index is 0.0236. The van der Waals surface area contributed by atoms with Gasteiger partial charge in [-0.05, 0) is 39.4 Å². The molecule has 0 aliphatic heterocycles. The molecule has 1 atom stereocenters. The van der Waals surface area contributed by atoms with Crippen molar-refractivity contribution in [3.05, 3.63) is 132 Å². The van der Waals surface area contributed by atoms with Crippen molar-refractivity contribution in [2.45, 2.75) is 50.9 Å². The molecule has 4 heteroatoms. The summed E-state index contributed by atoms with van der Waals surface area (Å²) >= 11 is 0. The number of nitrogens with zero attached hydrogens (tertiary/aromatic N) is 1. The average Bonchev–Trinajstić information content (AvgIpc) is 2.95. The molecule has 0 unspecified atom stereocenters. The SMILES string of the molecule is CC(C)(CC[C@@H](CO)N(Cc1ccccc1)Cc1ccccc1)[Si](O)(c1ccccc1)c1ccccc1. The van der Waals surface area contributed by atoms with Crippen molar-refractivity contribution in [2.24, 2.45) is 0 Å². The molecule has 37 heavy (non-hydrogen) atoms. The number of aliphatic hydroxyl groups is 1. The Bertz CT molecular complexity index is 1120. The van der Waals surface area contributed by atoms with Crippen LogP contribution in [-0.4, -0.2) is 35.8 Å². The number of rotatable bonds is 12. The van der Waals surface area contributed by atoms with Crippen LogP contribution in [0.3, 0.4) is 0 Å². The van der Waals surface area contributed by atoms with Gasteiger partial charge in [0.2, 0.25) is 0 Å². The van der Waals surface area contributed by atoms with Crippen molar-refractivity contribution in [1.82, 2.24) is 4.90 Å². The molecule has 2 N–H and O–H groups in total. The summed E-state index contributed by atoms with van der Waals surface area (Å²) in [6, 6.07) is 41.3. The van der Waals surface area contributed by atoms with Crippen LogP contribution in [0.15, 0.2) is 121 Å². The molecule has 0 aromatic heterocycles. The normalized spacial score (nSPS) is 13.0. The molecule has 0 aliphatic carbocycles. The Morgan fingerprint density at radius 1 is 0.649 bits per heavy atom. The Hall–Kier alpha value is -3.02. The Kier molecular flexibility index (Phi) is 9.12. The van der Waals surface area contributed by atoms with Crippen LogP contribution in [0.4, 0.5) is 0 Å². The lowest BCUT2D eigenvalue weighted by molar-refractivity contribution is 0.0989. The standard InChI is InChI=1S/C33H39NO2Si/c1-33(2,37(36,31-19-11-5-12-20-31)32-21-13-6-14-22-32)24-23-30(27-35)34(25-28-15-7-3-8-16-28)26-29-17-9-4-10-18-29/h3-22,30,35-36H,23-27H2,1-2H3/t30-/m0/s1. The van der Waals surface area contributed by atoms with E-state index in [1.54, 1.807) is 0 Å². The number of hydrogen-bond acceptors (Lipinski definition) is 3. The van der Waals surface area contributed by atoms with E-state index in [-0.39, 0.29) is 17.7 Å². The van der Waals surface area contributed by atoms with Gasteiger partial charge in [0.1, 0.15) is 0 Å². The quantitative estimate of drug-likeness (QED) is 0.253. The predicted molar refractivity (Wildman–Crippen MR) is 156 cm³/mol. The number of hydrogen-bond donors (Lipinski definition) is 2. The molecule has 192 valence electrons. The molecule has 4 aromatic carbocycles. The van der Waals surface area contributed by atoms with Gasteiger partial charge in [-0.25, -0.2) is 0 Å². The second-order valence-corrected chi connectivity index (χ2v) is 14.5. The molecule has 0 saturated carbocycles. The number of aliphatic hydroxyl groups excluding tert-OH is 1. The smallest absolute Gasteiger partial charge is 0.258 e. The van der Waals surface area contributed by atoms with Crippen molar-refractivity contribution in [2.75, 3.05) is 6.61 Å². The Balaban J connectivity index is 1.61. The third-order valence-corrected chi connectivity index (χ3v) is 12.2. The van der Waals surface area contributed by atoms with E-state index in [0.29, 0.717) is 0 Å². The zero-order chi connectivity index (χ0) is 26.1. The highest BCUT2D eigenvalue weighted by Gasteiger charge is 2.49. The largest absolute Gasteiger partial charge is 0.424 e. The second kappa shape index (κ2) is 12.5. The van der Waals surface area contributed by atoms with Crippen LogP contribution in [0.5, 0.6) is 0 Å². The van der Waals surface area contributed by atoms with Crippen LogP contribution >= 0.6 is 0 Å². The summed E-state index contributed by atoms with van der Waals surface area (Å²) in [5.74, 6) is 0. The second-order valence-electron chi connectivity index (χ2n) is 10.6. The minimum Gasteiger partial charge on any atom is -0.424 e. The summed E-state index contributed by atoms with van der Waals surface area (Å²) in [5.41, 5.74) is 2.46. The van der Waals surface area contributed by atoms with E-state index in [0.717, 1.165) is 36.3 Å². The summed E-state index contributed by atoms with van der Waals surface area (Å²) < 4.78 is 0. The maximum absolute atomic E-state index is 12.5.